The zero-order chi connectivity index (χ0) is 33.4. The third-order valence-electron chi connectivity index (χ3n) is 11.0. The minimum Gasteiger partial charge on any atom is -0.309 e. The molecule has 1 heterocycles. The van der Waals surface area contributed by atoms with Gasteiger partial charge in [0, 0.05) is 16.5 Å². The number of anilines is 3. The van der Waals surface area contributed by atoms with Crippen LogP contribution in [0.1, 0.15) is 0 Å². The van der Waals surface area contributed by atoms with Gasteiger partial charge in [-0.05, 0) is 95.3 Å². The van der Waals surface area contributed by atoms with Gasteiger partial charge in [0.2, 0.25) is 0 Å². The standard InChI is InChI=1S/C48H35NSi/c1-50(2)47-22-12-11-21-43(47)44-29-33(25-28-48(44)50)32-23-26-36(27-24-32)49(45-30-34-13-3-5-15-37(34)39-17-7-9-19-41(39)45)46-31-35-14-4-6-16-38(35)40-18-8-10-20-42(40)46/h3-31H,1-2H3. The average Bonchev–Trinajstić information content (AvgIpc) is 3.40. The summed E-state index contributed by atoms with van der Waals surface area (Å²) in [5.74, 6) is 0. The first-order valence-corrected chi connectivity index (χ1v) is 20.5. The predicted molar refractivity (Wildman–Crippen MR) is 219 cm³/mol. The maximum atomic E-state index is 2.49. The van der Waals surface area contributed by atoms with Crippen molar-refractivity contribution >= 4 is 78.6 Å². The Labute approximate surface area is 293 Å². The molecule has 0 aliphatic carbocycles. The number of nitrogens with zero attached hydrogens (tertiary/aromatic N) is 1. The lowest BCUT2D eigenvalue weighted by Gasteiger charge is -2.29. The Hall–Kier alpha value is -5.96. The monoisotopic (exact) mass is 653 g/mol. The highest BCUT2D eigenvalue weighted by molar-refractivity contribution is 7.03. The van der Waals surface area contributed by atoms with Gasteiger partial charge in [0.25, 0.3) is 0 Å². The molecule has 0 atom stereocenters. The summed E-state index contributed by atoms with van der Waals surface area (Å²) in [6.07, 6.45) is 0. The van der Waals surface area contributed by atoms with E-state index in [9.17, 15) is 0 Å². The molecule has 0 radical (unpaired) electrons. The highest BCUT2D eigenvalue weighted by Crippen LogP contribution is 2.46. The van der Waals surface area contributed by atoms with Gasteiger partial charge in [0.15, 0.2) is 0 Å². The Morgan fingerprint density at radius 1 is 0.360 bits per heavy atom. The van der Waals surface area contributed by atoms with Gasteiger partial charge in [-0.3, -0.25) is 0 Å². The van der Waals surface area contributed by atoms with Gasteiger partial charge in [-0.2, -0.15) is 0 Å². The molecule has 10 rings (SSSR count). The summed E-state index contributed by atoms with van der Waals surface area (Å²) in [6, 6.07) is 65.4. The molecule has 0 N–H and O–H groups in total. The number of hydrogen-bond acceptors (Lipinski definition) is 1. The van der Waals surface area contributed by atoms with Crippen LogP contribution in [-0.2, 0) is 0 Å². The Morgan fingerprint density at radius 2 is 0.820 bits per heavy atom. The Balaban J connectivity index is 1.20. The van der Waals surface area contributed by atoms with Crippen LogP contribution in [-0.4, -0.2) is 8.07 Å². The van der Waals surface area contributed by atoms with Crippen LogP contribution in [0.25, 0.3) is 65.3 Å². The molecular weight excluding hydrogens is 619 g/mol. The molecule has 0 aromatic heterocycles. The van der Waals surface area contributed by atoms with Gasteiger partial charge in [0.05, 0.1) is 11.4 Å². The highest BCUT2D eigenvalue weighted by Gasteiger charge is 2.37. The Bertz CT molecular complexity index is 2670. The number of fused-ring (bicyclic) bond motifs is 9. The van der Waals surface area contributed by atoms with Crippen LogP contribution in [0.15, 0.2) is 176 Å². The topological polar surface area (TPSA) is 3.24 Å². The third kappa shape index (κ3) is 4.32. The molecule has 9 aromatic carbocycles. The molecule has 0 saturated carbocycles. The van der Waals surface area contributed by atoms with Crippen LogP contribution in [0.3, 0.4) is 0 Å². The minimum absolute atomic E-state index is 1.13. The van der Waals surface area contributed by atoms with Crippen LogP contribution in [0.2, 0.25) is 13.1 Å². The molecule has 0 saturated heterocycles. The highest BCUT2D eigenvalue weighted by atomic mass is 28.3. The lowest BCUT2D eigenvalue weighted by atomic mass is 9.96. The van der Waals surface area contributed by atoms with Crippen LogP contribution in [0, 0.1) is 0 Å². The number of benzene rings is 9. The number of hydrogen-bond donors (Lipinski definition) is 0. The lowest BCUT2D eigenvalue weighted by Crippen LogP contribution is -2.49. The minimum atomic E-state index is -1.70. The van der Waals surface area contributed by atoms with Crippen molar-refractivity contribution in [2.45, 2.75) is 13.1 Å². The molecular formula is C48H35NSi. The molecule has 0 amide bonds. The predicted octanol–water partition coefficient (Wildman–Crippen LogP) is 12.2. The average molecular weight is 654 g/mol. The summed E-state index contributed by atoms with van der Waals surface area (Å²) in [7, 11) is -1.70. The van der Waals surface area contributed by atoms with Crippen molar-refractivity contribution in [2.75, 3.05) is 4.90 Å². The molecule has 50 heavy (non-hydrogen) atoms. The summed E-state index contributed by atoms with van der Waals surface area (Å²) < 4.78 is 0. The Kier molecular flexibility index (Phi) is 6.40. The largest absolute Gasteiger partial charge is 0.309 e. The van der Waals surface area contributed by atoms with Crippen molar-refractivity contribution in [3.8, 4) is 22.3 Å². The van der Waals surface area contributed by atoms with E-state index in [1.54, 1.807) is 5.19 Å². The quantitative estimate of drug-likeness (QED) is 0.135. The maximum absolute atomic E-state index is 2.49. The van der Waals surface area contributed by atoms with Crippen molar-refractivity contribution < 1.29 is 0 Å². The van der Waals surface area contributed by atoms with Gasteiger partial charge in [0.1, 0.15) is 8.07 Å². The van der Waals surface area contributed by atoms with Crippen molar-refractivity contribution in [3.05, 3.63) is 176 Å². The summed E-state index contributed by atoms with van der Waals surface area (Å²) in [5.41, 5.74) is 8.79. The second-order valence-electron chi connectivity index (χ2n) is 14.1. The first kappa shape index (κ1) is 29.0. The van der Waals surface area contributed by atoms with E-state index in [-0.39, 0.29) is 0 Å². The third-order valence-corrected chi connectivity index (χ3v) is 14.6. The first-order valence-electron chi connectivity index (χ1n) is 17.5. The smallest absolute Gasteiger partial charge is 0.113 e. The van der Waals surface area contributed by atoms with E-state index in [1.807, 2.05) is 0 Å². The van der Waals surface area contributed by atoms with Crippen molar-refractivity contribution in [1.29, 1.82) is 0 Å². The maximum Gasteiger partial charge on any atom is 0.113 e. The fourth-order valence-electron chi connectivity index (χ4n) is 8.55. The van der Waals surface area contributed by atoms with Gasteiger partial charge < -0.3 is 4.90 Å². The molecule has 0 bridgehead atoms. The molecule has 0 unspecified atom stereocenters. The molecule has 1 nitrogen and oxygen atoms in total. The normalized spacial score (nSPS) is 13.2. The molecule has 0 fully saturated rings. The fourth-order valence-corrected chi connectivity index (χ4v) is 11.6. The molecule has 236 valence electrons. The second kappa shape index (κ2) is 11.0. The van der Waals surface area contributed by atoms with Gasteiger partial charge in [-0.1, -0.05) is 159 Å². The lowest BCUT2D eigenvalue weighted by molar-refractivity contribution is 1.32. The number of rotatable bonds is 4. The van der Waals surface area contributed by atoms with Crippen molar-refractivity contribution in [1.82, 2.24) is 0 Å². The van der Waals surface area contributed by atoms with E-state index in [0.29, 0.717) is 0 Å². The van der Waals surface area contributed by atoms with Gasteiger partial charge in [-0.25, -0.2) is 0 Å². The zero-order valence-corrected chi connectivity index (χ0v) is 29.2. The molecule has 9 aromatic rings. The van der Waals surface area contributed by atoms with E-state index in [2.05, 4.69) is 194 Å². The van der Waals surface area contributed by atoms with E-state index >= 15 is 0 Å². The molecule has 1 aliphatic heterocycles. The van der Waals surface area contributed by atoms with Crippen molar-refractivity contribution in [2.24, 2.45) is 0 Å². The van der Waals surface area contributed by atoms with Crippen LogP contribution >= 0.6 is 0 Å². The van der Waals surface area contributed by atoms with E-state index in [0.717, 1.165) is 5.69 Å². The van der Waals surface area contributed by atoms with Gasteiger partial charge in [-0.15, -0.1) is 0 Å². The van der Waals surface area contributed by atoms with Crippen LogP contribution < -0.4 is 15.3 Å². The van der Waals surface area contributed by atoms with Crippen LogP contribution in [0.4, 0.5) is 17.1 Å². The first-order chi connectivity index (χ1) is 24.6. The van der Waals surface area contributed by atoms with E-state index in [1.165, 1.54) is 81.9 Å². The molecule has 0 spiro atoms. The summed E-state index contributed by atoms with van der Waals surface area (Å²) in [5, 5.41) is 13.1. The second-order valence-corrected chi connectivity index (χ2v) is 18.5. The molecule has 1 aliphatic rings. The van der Waals surface area contributed by atoms with Crippen LogP contribution in [0.5, 0.6) is 0 Å². The van der Waals surface area contributed by atoms with Crippen molar-refractivity contribution in [3.63, 3.8) is 0 Å². The summed E-state index contributed by atoms with van der Waals surface area (Å²) in [6.45, 7) is 4.96. The van der Waals surface area contributed by atoms with E-state index in [4.69, 9.17) is 0 Å². The zero-order valence-electron chi connectivity index (χ0n) is 28.2. The SMILES string of the molecule is C[Si]1(C)c2ccccc2-c2cc(-c3ccc(N(c4cc5ccccc5c5ccccc45)c4cc5ccccc5c5ccccc45)cc3)ccc21. The molecule has 2 heteroatoms. The fraction of sp³-hybridized carbons (Fsp3) is 0.0417. The Morgan fingerprint density at radius 3 is 1.42 bits per heavy atom. The summed E-state index contributed by atoms with van der Waals surface area (Å²) in [4.78, 5) is 2.49. The van der Waals surface area contributed by atoms with E-state index < -0.39 is 8.07 Å². The summed E-state index contributed by atoms with van der Waals surface area (Å²) >= 11 is 0. The van der Waals surface area contributed by atoms with Gasteiger partial charge >= 0.3 is 0 Å².